The lowest BCUT2D eigenvalue weighted by Gasteiger charge is -2.18. The molecule has 0 bridgehead atoms. The number of methoxy groups -OCH3 is 2. The minimum absolute atomic E-state index is 0.124. The first-order valence-corrected chi connectivity index (χ1v) is 7.95. The Morgan fingerprint density at radius 2 is 1.83 bits per heavy atom. The molecule has 2 rings (SSSR count). The van der Waals surface area contributed by atoms with Gasteiger partial charge in [-0.2, -0.15) is 0 Å². The average Bonchev–Trinajstić information content (AvgIpc) is 2.60. The van der Waals surface area contributed by atoms with Gasteiger partial charge in [0.25, 0.3) is 0 Å². The molecule has 2 aromatic rings. The highest BCUT2D eigenvalue weighted by molar-refractivity contribution is 7.80. The van der Waals surface area contributed by atoms with Crippen LogP contribution in [0.3, 0.4) is 0 Å². The van der Waals surface area contributed by atoms with Crippen LogP contribution in [0.15, 0.2) is 42.5 Å². The van der Waals surface area contributed by atoms with Crippen molar-refractivity contribution in [2.24, 2.45) is 0 Å². The van der Waals surface area contributed by atoms with Crippen molar-refractivity contribution in [3.05, 3.63) is 59.4 Å². The fourth-order valence-corrected chi connectivity index (χ4v) is 2.46. The van der Waals surface area contributed by atoms with Gasteiger partial charge in [-0.05, 0) is 54.5 Å². The third-order valence-corrected chi connectivity index (χ3v) is 3.90. The summed E-state index contributed by atoms with van der Waals surface area (Å²) in [6.07, 6.45) is 0. The molecule has 1 atom stereocenters. The number of ether oxygens (including phenoxy) is 2. The molecule has 0 aromatic heterocycles. The Labute approximate surface area is 147 Å². The minimum Gasteiger partial charge on any atom is -0.497 e. The fraction of sp³-hybridized carbons (Fsp3) is 0.278. The first kappa shape index (κ1) is 18.0. The van der Waals surface area contributed by atoms with Crippen molar-refractivity contribution in [2.45, 2.75) is 19.5 Å². The Morgan fingerprint density at radius 3 is 2.42 bits per heavy atom. The van der Waals surface area contributed by atoms with Crippen molar-refractivity contribution < 1.29 is 13.9 Å². The standard InChI is InChI=1S/C18H21FN2O2S/c1-12(14-6-9-17(23-3)16(19)10-14)21-18(24)20-11-13-4-7-15(22-2)8-5-13/h4-10,12H,11H2,1-3H3,(H2,20,21,24)/t12-/m0/s1. The normalized spacial score (nSPS) is 11.5. The van der Waals surface area contributed by atoms with E-state index in [0.29, 0.717) is 11.7 Å². The molecule has 128 valence electrons. The lowest BCUT2D eigenvalue weighted by atomic mass is 10.1. The SMILES string of the molecule is COc1ccc(CNC(=S)N[C@@H](C)c2ccc(OC)c(F)c2)cc1. The molecule has 2 aromatic carbocycles. The summed E-state index contributed by atoms with van der Waals surface area (Å²) >= 11 is 5.29. The largest absolute Gasteiger partial charge is 0.497 e. The molecule has 0 radical (unpaired) electrons. The van der Waals surface area contributed by atoms with E-state index in [-0.39, 0.29) is 17.6 Å². The molecule has 0 heterocycles. The van der Waals surface area contributed by atoms with Crippen molar-refractivity contribution in [1.29, 1.82) is 0 Å². The Balaban J connectivity index is 1.87. The number of benzene rings is 2. The van der Waals surface area contributed by atoms with E-state index < -0.39 is 0 Å². The molecule has 0 saturated heterocycles. The van der Waals surface area contributed by atoms with Gasteiger partial charge in [0.2, 0.25) is 0 Å². The van der Waals surface area contributed by atoms with Crippen LogP contribution in [0.25, 0.3) is 0 Å². The second-order valence-corrected chi connectivity index (χ2v) is 5.70. The van der Waals surface area contributed by atoms with Gasteiger partial charge in [-0.25, -0.2) is 4.39 Å². The van der Waals surface area contributed by atoms with E-state index in [4.69, 9.17) is 21.7 Å². The third-order valence-electron chi connectivity index (χ3n) is 3.64. The Kier molecular flexibility index (Phi) is 6.37. The second kappa shape index (κ2) is 8.49. The number of thiocarbonyl (C=S) groups is 1. The van der Waals surface area contributed by atoms with Gasteiger partial charge >= 0.3 is 0 Å². The van der Waals surface area contributed by atoms with Crippen molar-refractivity contribution in [3.8, 4) is 11.5 Å². The van der Waals surface area contributed by atoms with Crippen LogP contribution in [0.4, 0.5) is 4.39 Å². The van der Waals surface area contributed by atoms with E-state index in [2.05, 4.69) is 10.6 Å². The summed E-state index contributed by atoms with van der Waals surface area (Å²) in [5.74, 6) is 0.654. The molecule has 0 aliphatic carbocycles. The number of hydrogen-bond acceptors (Lipinski definition) is 3. The van der Waals surface area contributed by atoms with Gasteiger partial charge in [0.05, 0.1) is 20.3 Å². The summed E-state index contributed by atoms with van der Waals surface area (Å²) in [6.45, 7) is 2.52. The van der Waals surface area contributed by atoms with Gasteiger partial charge in [0.1, 0.15) is 5.75 Å². The van der Waals surface area contributed by atoms with E-state index in [9.17, 15) is 4.39 Å². The molecule has 0 spiro atoms. The Morgan fingerprint density at radius 1 is 1.12 bits per heavy atom. The molecule has 0 saturated carbocycles. The van der Waals surface area contributed by atoms with E-state index in [1.54, 1.807) is 13.2 Å². The van der Waals surface area contributed by atoms with Crippen molar-refractivity contribution in [3.63, 3.8) is 0 Å². The molecule has 2 N–H and O–H groups in total. The predicted molar refractivity (Wildman–Crippen MR) is 96.9 cm³/mol. The number of nitrogens with one attached hydrogen (secondary N) is 2. The summed E-state index contributed by atoms with van der Waals surface area (Å²) in [4.78, 5) is 0. The highest BCUT2D eigenvalue weighted by atomic mass is 32.1. The maximum absolute atomic E-state index is 13.8. The van der Waals surface area contributed by atoms with Crippen LogP contribution in [-0.4, -0.2) is 19.3 Å². The quantitative estimate of drug-likeness (QED) is 0.781. The molecule has 0 aliphatic heterocycles. The van der Waals surface area contributed by atoms with Gasteiger partial charge in [0.15, 0.2) is 16.7 Å². The number of hydrogen-bond donors (Lipinski definition) is 2. The van der Waals surface area contributed by atoms with Gasteiger partial charge in [0, 0.05) is 6.54 Å². The van der Waals surface area contributed by atoms with Crippen LogP contribution in [0.2, 0.25) is 0 Å². The van der Waals surface area contributed by atoms with E-state index >= 15 is 0 Å². The highest BCUT2D eigenvalue weighted by Gasteiger charge is 2.10. The van der Waals surface area contributed by atoms with Crippen LogP contribution in [0.5, 0.6) is 11.5 Å². The van der Waals surface area contributed by atoms with Gasteiger partial charge in [-0.15, -0.1) is 0 Å². The molecule has 24 heavy (non-hydrogen) atoms. The topological polar surface area (TPSA) is 42.5 Å². The molecule has 0 unspecified atom stereocenters. The van der Waals surface area contributed by atoms with Gasteiger partial charge in [-0.3, -0.25) is 0 Å². The summed E-state index contributed by atoms with van der Waals surface area (Å²) in [5, 5.41) is 6.79. The molecule has 6 heteroatoms. The summed E-state index contributed by atoms with van der Waals surface area (Å²) in [7, 11) is 3.08. The van der Waals surface area contributed by atoms with Crippen LogP contribution in [0, 0.1) is 5.82 Å². The molecule has 0 aliphatic rings. The third kappa shape index (κ3) is 4.83. The molecular weight excluding hydrogens is 327 g/mol. The Bertz CT molecular complexity index is 692. The molecular formula is C18H21FN2O2S. The van der Waals surface area contributed by atoms with Crippen LogP contribution < -0.4 is 20.1 Å². The Hall–Kier alpha value is -2.34. The molecule has 0 amide bonds. The number of rotatable bonds is 6. The van der Waals surface area contributed by atoms with Crippen molar-refractivity contribution in [1.82, 2.24) is 10.6 Å². The van der Waals surface area contributed by atoms with Crippen LogP contribution in [0.1, 0.15) is 24.1 Å². The lowest BCUT2D eigenvalue weighted by molar-refractivity contribution is 0.386. The minimum atomic E-state index is -0.388. The monoisotopic (exact) mass is 348 g/mol. The van der Waals surface area contributed by atoms with Gasteiger partial charge in [-0.1, -0.05) is 18.2 Å². The van der Waals surface area contributed by atoms with E-state index in [0.717, 1.165) is 16.9 Å². The second-order valence-electron chi connectivity index (χ2n) is 5.29. The summed E-state index contributed by atoms with van der Waals surface area (Å²) < 4.78 is 23.8. The maximum Gasteiger partial charge on any atom is 0.167 e. The smallest absolute Gasteiger partial charge is 0.167 e. The first-order chi connectivity index (χ1) is 11.5. The molecule has 0 fully saturated rings. The summed E-state index contributed by atoms with van der Waals surface area (Å²) in [6, 6.07) is 12.5. The van der Waals surface area contributed by atoms with E-state index in [1.807, 2.05) is 37.3 Å². The van der Waals surface area contributed by atoms with Crippen LogP contribution in [-0.2, 0) is 6.54 Å². The van der Waals surface area contributed by atoms with Crippen molar-refractivity contribution >= 4 is 17.3 Å². The molecule has 4 nitrogen and oxygen atoms in total. The maximum atomic E-state index is 13.8. The fourth-order valence-electron chi connectivity index (χ4n) is 2.21. The first-order valence-electron chi connectivity index (χ1n) is 7.54. The average molecular weight is 348 g/mol. The van der Waals surface area contributed by atoms with Gasteiger partial charge < -0.3 is 20.1 Å². The van der Waals surface area contributed by atoms with Crippen LogP contribution >= 0.6 is 12.2 Å². The zero-order valence-corrected chi connectivity index (χ0v) is 14.7. The van der Waals surface area contributed by atoms with E-state index in [1.165, 1.54) is 13.2 Å². The zero-order valence-electron chi connectivity index (χ0n) is 13.9. The summed E-state index contributed by atoms with van der Waals surface area (Å²) in [5.41, 5.74) is 1.88. The highest BCUT2D eigenvalue weighted by Crippen LogP contribution is 2.21. The predicted octanol–water partition coefficient (Wildman–Crippen LogP) is 3.57. The van der Waals surface area contributed by atoms with Crippen molar-refractivity contribution in [2.75, 3.05) is 14.2 Å². The zero-order chi connectivity index (χ0) is 17.5. The number of halogens is 1. The lowest BCUT2D eigenvalue weighted by Crippen LogP contribution is -2.36.